The summed E-state index contributed by atoms with van der Waals surface area (Å²) in [5.74, 6) is 0.291. The first-order chi connectivity index (χ1) is 15.1. The molecule has 0 unspecified atom stereocenters. The van der Waals surface area contributed by atoms with Gasteiger partial charge in [0.05, 0.1) is 24.8 Å². The maximum absolute atomic E-state index is 13.9. The highest BCUT2D eigenvalue weighted by Gasteiger charge is 2.21. The van der Waals surface area contributed by atoms with Crippen LogP contribution in [-0.4, -0.2) is 22.2 Å². The average molecular weight is 421 g/mol. The molecule has 1 amide bonds. The van der Waals surface area contributed by atoms with Gasteiger partial charge in [-0.3, -0.25) is 10.1 Å². The monoisotopic (exact) mass is 420 g/mol. The number of nitrogens with one attached hydrogen (secondary N) is 2. The number of nitrogens with zero attached hydrogens (tertiary/aromatic N) is 2. The zero-order valence-corrected chi connectivity index (χ0v) is 17.9. The van der Waals surface area contributed by atoms with Gasteiger partial charge in [0, 0.05) is 6.07 Å². The lowest BCUT2D eigenvalue weighted by Gasteiger charge is -2.21. The Morgan fingerprint density at radius 3 is 2.61 bits per heavy atom. The van der Waals surface area contributed by atoms with Gasteiger partial charge in [-0.15, -0.1) is 0 Å². The summed E-state index contributed by atoms with van der Waals surface area (Å²) in [5.41, 5.74) is 3.01. The lowest BCUT2D eigenvalue weighted by Crippen LogP contribution is -2.32. The average Bonchev–Trinajstić information content (AvgIpc) is 3.46. The highest BCUT2D eigenvalue weighted by Crippen LogP contribution is 2.31. The van der Waals surface area contributed by atoms with E-state index in [-0.39, 0.29) is 24.3 Å². The number of aromatic nitrogens is 2. The van der Waals surface area contributed by atoms with Gasteiger partial charge in [0.2, 0.25) is 5.91 Å². The number of hydrogen-bond acceptors (Lipinski definition) is 3. The van der Waals surface area contributed by atoms with Crippen LogP contribution in [0.25, 0.3) is 0 Å². The molecular weight excluding hydrogens is 391 g/mol. The SMILES string of the molecule is CCc1ccc([C@@H](NCC(=O)Nc2ccnn2C2CCCC2)c2cccc(F)c2)cc1. The molecule has 1 aliphatic carbocycles. The molecule has 0 saturated heterocycles. The highest BCUT2D eigenvalue weighted by atomic mass is 19.1. The van der Waals surface area contributed by atoms with Crippen LogP contribution in [0.4, 0.5) is 10.2 Å². The Balaban J connectivity index is 1.47. The smallest absolute Gasteiger partial charge is 0.239 e. The standard InChI is InChI=1S/C25H29FN4O/c1-2-18-10-12-19(13-11-18)25(20-6-5-7-21(26)16-20)27-17-24(31)29-23-14-15-28-30(23)22-8-3-4-9-22/h5-7,10-16,22,25,27H,2-4,8-9,17H2,1H3,(H,29,31)/t25-/m1/s1. The Bertz CT molecular complexity index is 1010. The molecule has 0 bridgehead atoms. The lowest BCUT2D eigenvalue weighted by molar-refractivity contribution is -0.115. The molecule has 1 fully saturated rings. The molecule has 6 heteroatoms. The van der Waals surface area contributed by atoms with Gasteiger partial charge in [-0.2, -0.15) is 5.10 Å². The zero-order chi connectivity index (χ0) is 21.6. The van der Waals surface area contributed by atoms with Crippen molar-refractivity contribution in [1.29, 1.82) is 0 Å². The molecule has 1 aliphatic rings. The van der Waals surface area contributed by atoms with Crippen molar-refractivity contribution in [3.05, 3.63) is 83.3 Å². The van der Waals surface area contributed by atoms with E-state index in [1.54, 1.807) is 12.3 Å². The second kappa shape index (κ2) is 9.88. The first-order valence-electron chi connectivity index (χ1n) is 11.0. The van der Waals surface area contributed by atoms with E-state index in [1.165, 1.54) is 30.5 Å². The quantitative estimate of drug-likeness (QED) is 0.538. The number of benzene rings is 2. The summed E-state index contributed by atoms with van der Waals surface area (Å²) in [7, 11) is 0. The topological polar surface area (TPSA) is 59.0 Å². The van der Waals surface area contributed by atoms with Crippen molar-refractivity contribution >= 4 is 11.7 Å². The molecule has 4 rings (SSSR count). The molecule has 2 aromatic carbocycles. The molecule has 1 atom stereocenters. The second-order valence-electron chi connectivity index (χ2n) is 8.11. The minimum Gasteiger partial charge on any atom is -0.310 e. The molecule has 31 heavy (non-hydrogen) atoms. The number of amides is 1. The summed E-state index contributed by atoms with van der Waals surface area (Å²) in [6.07, 6.45) is 7.27. The van der Waals surface area contributed by atoms with E-state index in [4.69, 9.17) is 0 Å². The summed E-state index contributed by atoms with van der Waals surface area (Å²) < 4.78 is 15.8. The Kier molecular flexibility index (Phi) is 6.77. The number of halogens is 1. The molecule has 162 valence electrons. The Hall–Kier alpha value is -2.99. The van der Waals surface area contributed by atoms with Crippen LogP contribution in [0, 0.1) is 5.82 Å². The molecule has 0 aliphatic heterocycles. The normalized spacial score (nSPS) is 15.2. The third kappa shape index (κ3) is 5.20. The molecule has 5 nitrogen and oxygen atoms in total. The fourth-order valence-electron chi connectivity index (χ4n) is 4.29. The number of rotatable bonds is 8. The Morgan fingerprint density at radius 2 is 1.90 bits per heavy atom. The van der Waals surface area contributed by atoms with Crippen molar-refractivity contribution < 1.29 is 9.18 Å². The van der Waals surface area contributed by atoms with Crippen molar-refractivity contribution in [3.8, 4) is 0 Å². The van der Waals surface area contributed by atoms with Gasteiger partial charge in [-0.25, -0.2) is 9.07 Å². The number of anilines is 1. The van der Waals surface area contributed by atoms with Crippen LogP contribution in [0.15, 0.2) is 60.8 Å². The van der Waals surface area contributed by atoms with Gasteiger partial charge in [0.1, 0.15) is 11.6 Å². The third-order valence-corrected chi connectivity index (χ3v) is 5.98. The van der Waals surface area contributed by atoms with E-state index in [9.17, 15) is 9.18 Å². The van der Waals surface area contributed by atoms with Crippen LogP contribution in [0.3, 0.4) is 0 Å². The van der Waals surface area contributed by atoms with Crippen LogP contribution < -0.4 is 10.6 Å². The lowest BCUT2D eigenvalue weighted by atomic mass is 9.97. The zero-order valence-electron chi connectivity index (χ0n) is 17.9. The minimum atomic E-state index is -0.292. The Morgan fingerprint density at radius 1 is 1.13 bits per heavy atom. The van der Waals surface area contributed by atoms with E-state index in [1.807, 2.05) is 28.9 Å². The minimum absolute atomic E-state index is 0.104. The second-order valence-corrected chi connectivity index (χ2v) is 8.11. The van der Waals surface area contributed by atoms with Crippen LogP contribution in [0.1, 0.15) is 61.4 Å². The van der Waals surface area contributed by atoms with Gasteiger partial charge in [0.15, 0.2) is 0 Å². The Labute approximate surface area is 182 Å². The van der Waals surface area contributed by atoms with Crippen LogP contribution in [-0.2, 0) is 11.2 Å². The maximum atomic E-state index is 13.9. The largest absolute Gasteiger partial charge is 0.310 e. The van der Waals surface area contributed by atoms with Gasteiger partial charge in [0.25, 0.3) is 0 Å². The van der Waals surface area contributed by atoms with Crippen molar-refractivity contribution in [2.24, 2.45) is 0 Å². The first kappa shape index (κ1) is 21.2. The molecule has 0 radical (unpaired) electrons. The van der Waals surface area contributed by atoms with Crippen molar-refractivity contribution in [2.45, 2.75) is 51.1 Å². The van der Waals surface area contributed by atoms with Gasteiger partial charge < -0.3 is 5.32 Å². The number of carbonyl (C=O) groups is 1. The fourth-order valence-corrected chi connectivity index (χ4v) is 4.29. The summed E-state index contributed by atoms with van der Waals surface area (Å²) in [5, 5.41) is 10.7. The number of carbonyl (C=O) groups excluding carboxylic acids is 1. The predicted molar refractivity (Wildman–Crippen MR) is 120 cm³/mol. The van der Waals surface area contributed by atoms with Crippen molar-refractivity contribution in [3.63, 3.8) is 0 Å². The highest BCUT2D eigenvalue weighted by molar-refractivity contribution is 5.91. The molecule has 0 spiro atoms. The molecular formula is C25H29FN4O. The molecule has 3 aromatic rings. The van der Waals surface area contributed by atoms with Crippen LogP contribution >= 0.6 is 0 Å². The van der Waals surface area contributed by atoms with Crippen LogP contribution in [0.5, 0.6) is 0 Å². The fraction of sp³-hybridized carbons (Fsp3) is 0.360. The van der Waals surface area contributed by atoms with Gasteiger partial charge >= 0.3 is 0 Å². The third-order valence-electron chi connectivity index (χ3n) is 5.98. The van der Waals surface area contributed by atoms with Gasteiger partial charge in [-0.05, 0) is 48.1 Å². The molecule has 1 saturated carbocycles. The predicted octanol–water partition coefficient (Wildman–Crippen LogP) is 5.02. The van der Waals surface area contributed by atoms with Crippen molar-refractivity contribution in [1.82, 2.24) is 15.1 Å². The summed E-state index contributed by atoms with van der Waals surface area (Å²) in [6, 6.07) is 16.6. The molecule has 2 N–H and O–H groups in total. The van der Waals surface area contributed by atoms with E-state index in [0.717, 1.165) is 36.2 Å². The van der Waals surface area contributed by atoms with E-state index in [0.29, 0.717) is 6.04 Å². The first-order valence-corrected chi connectivity index (χ1v) is 11.0. The molecule has 1 heterocycles. The summed E-state index contributed by atoms with van der Waals surface area (Å²) in [6.45, 7) is 2.21. The summed E-state index contributed by atoms with van der Waals surface area (Å²) >= 11 is 0. The molecule has 1 aromatic heterocycles. The summed E-state index contributed by atoms with van der Waals surface area (Å²) in [4.78, 5) is 12.7. The van der Waals surface area contributed by atoms with Crippen molar-refractivity contribution in [2.75, 3.05) is 11.9 Å². The maximum Gasteiger partial charge on any atom is 0.239 e. The van der Waals surface area contributed by atoms with E-state index >= 15 is 0 Å². The van der Waals surface area contributed by atoms with E-state index in [2.05, 4.69) is 34.8 Å². The van der Waals surface area contributed by atoms with Gasteiger partial charge in [-0.1, -0.05) is 56.2 Å². The number of aryl methyl sites for hydroxylation is 1. The van der Waals surface area contributed by atoms with Crippen LogP contribution in [0.2, 0.25) is 0 Å². The number of hydrogen-bond donors (Lipinski definition) is 2. The van der Waals surface area contributed by atoms with E-state index < -0.39 is 0 Å².